The van der Waals surface area contributed by atoms with Crippen LogP contribution >= 0.6 is 0 Å². The highest BCUT2D eigenvalue weighted by Crippen LogP contribution is 2.25. The molecule has 0 spiro atoms. The lowest BCUT2D eigenvalue weighted by Gasteiger charge is -2.05. The number of hydrogen-bond donors (Lipinski definition) is 4. The van der Waals surface area contributed by atoms with Crippen LogP contribution in [0.3, 0.4) is 0 Å². The van der Waals surface area contributed by atoms with Crippen LogP contribution in [0.1, 0.15) is 11.1 Å². The van der Waals surface area contributed by atoms with E-state index in [0.29, 0.717) is 16.8 Å². The van der Waals surface area contributed by atoms with Crippen LogP contribution in [0.25, 0.3) is 11.6 Å². The van der Waals surface area contributed by atoms with E-state index in [1.807, 2.05) is 0 Å². The fourth-order valence-electron chi connectivity index (χ4n) is 1.80. The summed E-state index contributed by atoms with van der Waals surface area (Å²) in [6, 6.07) is 10.3. The molecule has 0 aliphatic heterocycles. The molecule has 2 rings (SSSR count). The average Bonchev–Trinajstić information content (AvgIpc) is 2.36. The molecule has 102 valence electrons. The number of benzene rings is 2. The number of carboxylic acid groups (broad SMARTS) is 1. The van der Waals surface area contributed by atoms with E-state index in [1.54, 1.807) is 24.3 Å². The minimum Gasteiger partial charge on any atom is -0.508 e. The van der Waals surface area contributed by atoms with Gasteiger partial charge in [0.05, 0.1) is 5.57 Å². The van der Waals surface area contributed by atoms with E-state index < -0.39 is 5.97 Å². The van der Waals surface area contributed by atoms with Crippen molar-refractivity contribution >= 4 is 23.3 Å². The zero-order valence-corrected chi connectivity index (χ0v) is 10.4. The third-order valence-corrected chi connectivity index (χ3v) is 2.69. The van der Waals surface area contributed by atoms with Crippen LogP contribution in [0.5, 0.6) is 11.5 Å². The molecule has 0 saturated heterocycles. The smallest absolute Gasteiger partial charge is 0.336 e. The van der Waals surface area contributed by atoms with Crippen molar-refractivity contribution < 1.29 is 20.1 Å². The van der Waals surface area contributed by atoms with Gasteiger partial charge in [0.2, 0.25) is 0 Å². The van der Waals surface area contributed by atoms with Crippen LogP contribution in [-0.2, 0) is 4.79 Å². The summed E-state index contributed by atoms with van der Waals surface area (Å²) in [6.07, 6.45) is 1.37. The molecule has 0 fully saturated rings. The minimum absolute atomic E-state index is 0.0370. The SMILES string of the molecule is Nc1ccc(C(=Cc2cc(O)cc(O)c2)C(=O)O)cc1. The van der Waals surface area contributed by atoms with Gasteiger partial charge in [0.15, 0.2) is 0 Å². The summed E-state index contributed by atoms with van der Waals surface area (Å²) in [7, 11) is 0. The van der Waals surface area contributed by atoms with Crippen LogP contribution in [0.15, 0.2) is 42.5 Å². The van der Waals surface area contributed by atoms with Crippen molar-refractivity contribution in [2.24, 2.45) is 0 Å². The molecule has 0 radical (unpaired) electrons. The molecule has 0 atom stereocenters. The maximum absolute atomic E-state index is 11.3. The molecule has 0 unspecified atom stereocenters. The largest absolute Gasteiger partial charge is 0.508 e. The molecule has 0 heterocycles. The maximum atomic E-state index is 11.3. The fourth-order valence-corrected chi connectivity index (χ4v) is 1.80. The van der Waals surface area contributed by atoms with Gasteiger partial charge in [0.1, 0.15) is 11.5 Å². The normalized spacial score (nSPS) is 11.3. The minimum atomic E-state index is -1.11. The van der Waals surface area contributed by atoms with Gasteiger partial charge in [-0.2, -0.15) is 0 Å². The predicted molar refractivity (Wildman–Crippen MR) is 76.1 cm³/mol. The van der Waals surface area contributed by atoms with Gasteiger partial charge >= 0.3 is 5.97 Å². The highest BCUT2D eigenvalue weighted by Gasteiger charge is 2.11. The summed E-state index contributed by atoms with van der Waals surface area (Å²) in [5, 5.41) is 28.1. The van der Waals surface area contributed by atoms with Crippen molar-refractivity contribution in [2.75, 3.05) is 5.73 Å². The van der Waals surface area contributed by atoms with Crippen molar-refractivity contribution in [1.29, 1.82) is 0 Å². The molecular formula is C15H13NO4. The van der Waals surface area contributed by atoms with Crippen LogP contribution in [0.4, 0.5) is 5.69 Å². The molecule has 5 heteroatoms. The monoisotopic (exact) mass is 271 g/mol. The first-order valence-electron chi connectivity index (χ1n) is 5.79. The predicted octanol–water partition coefficient (Wildman–Crippen LogP) is 2.31. The molecule has 0 amide bonds. The topological polar surface area (TPSA) is 104 Å². The van der Waals surface area contributed by atoms with E-state index in [9.17, 15) is 20.1 Å². The van der Waals surface area contributed by atoms with Gasteiger partial charge in [-0.15, -0.1) is 0 Å². The Hall–Kier alpha value is -2.95. The average molecular weight is 271 g/mol. The lowest BCUT2D eigenvalue weighted by Crippen LogP contribution is -2.00. The summed E-state index contributed by atoms with van der Waals surface area (Å²) in [5.74, 6) is -1.39. The van der Waals surface area contributed by atoms with Crippen molar-refractivity contribution in [1.82, 2.24) is 0 Å². The molecule has 0 aliphatic carbocycles. The number of aromatic hydroxyl groups is 2. The first-order chi connectivity index (χ1) is 9.45. The first kappa shape index (κ1) is 13.5. The molecule has 0 bridgehead atoms. The molecule has 0 aliphatic rings. The number of aliphatic carboxylic acids is 1. The first-order valence-corrected chi connectivity index (χ1v) is 5.79. The highest BCUT2D eigenvalue weighted by molar-refractivity contribution is 6.20. The zero-order valence-electron chi connectivity index (χ0n) is 10.4. The number of carboxylic acids is 1. The van der Waals surface area contributed by atoms with Gasteiger partial charge in [0, 0.05) is 11.8 Å². The number of anilines is 1. The van der Waals surface area contributed by atoms with E-state index in [-0.39, 0.29) is 17.1 Å². The number of rotatable bonds is 3. The van der Waals surface area contributed by atoms with E-state index >= 15 is 0 Å². The Labute approximate surface area is 115 Å². The Morgan fingerprint density at radius 1 is 1.00 bits per heavy atom. The Balaban J connectivity index is 2.50. The van der Waals surface area contributed by atoms with Crippen molar-refractivity contribution in [2.45, 2.75) is 0 Å². The lowest BCUT2D eigenvalue weighted by molar-refractivity contribution is -0.130. The second-order valence-corrected chi connectivity index (χ2v) is 4.27. The van der Waals surface area contributed by atoms with E-state index in [2.05, 4.69) is 0 Å². The van der Waals surface area contributed by atoms with E-state index in [0.717, 1.165) is 0 Å². The lowest BCUT2D eigenvalue weighted by atomic mass is 10.0. The van der Waals surface area contributed by atoms with Gasteiger partial charge in [-0.25, -0.2) is 4.79 Å². The van der Waals surface area contributed by atoms with Crippen molar-refractivity contribution in [3.63, 3.8) is 0 Å². The summed E-state index contributed by atoms with van der Waals surface area (Å²) < 4.78 is 0. The van der Waals surface area contributed by atoms with E-state index in [4.69, 9.17) is 5.73 Å². The Morgan fingerprint density at radius 3 is 2.05 bits per heavy atom. The molecule has 0 saturated carbocycles. The quantitative estimate of drug-likeness (QED) is 0.389. The maximum Gasteiger partial charge on any atom is 0.336 e. The molecule has 0 aromatic heterocycles. The molecule has 20 heavy (non-hydrogen) atoms. The Morgan fingerprint density at radius 2 is 1.55 bits per heavy atom. The third kappa shape index (κ3) is 3.08. The van der Waals surface area contributed by atoms with Crippen LogP contribution < -0.4 is 5.73 Å². The molecular weight excluding hydrogens is 258 g/mol. The van der Waals surface area contributed by atoms with Crippen LogP contribution in [-0.4, -0.2) is 21.3 Å². The van der Waals surface area contributed by atoms with Gasteiger partial charge in [-0.1, -0.05) is 12.1 Å². The third-order valence-electron chi connectivity index (χ3n) is 2.69. The Bertz CT molecular complexity index is 655. The number of nitrogen functional groups attached to an aromatic ring is 1. The second-order valence-electron chi connectivity index (χ2n) is 4.27. The second kappa shape index (κ2) is 5.36. The molecule has 2 aromatic carbocycles. The van der Waals surface area contributed by atoms with Crippen molar-refractivity contribution in [3.8, 4) is 11.5 Å². The molecule has 5 N–H and O–H groups in total. The van der Waals surface area contributed by atoms with Gasteiger partial charge in [-0.05, 0) is 41.5 Å². The Kier molecular flexibility index (Phi) is 3.61. The van der Waals surface area contributed by atoms with Crippen molar-refractivity contribution in [3.05, 3.63) is 53.6 Å². The van der Waals surface area contributed by atoms with Crippen LogP contribution in [0, 0.1) is 0 Å². The number of carbonyl (C=O) groups is 1. The fraction of sp³-hybridized carbons (Fsp3) is 0. The highest BCUT2D eigenvalue weighted by atomic mass is 16.4. The van der Waals surface area contributed by atoms with E-state index in [1.165, 1.54) is 24.3 Å². The molecule has 5 nitrogen and oxygen atoms in total. The summed E-state index contributed by atoms with van der Waals surface area (Å²) >= 11 is 0. The van der Waals surface area contributed by atoms with Gasteiger partial charge in [0.25, 0.3) is 0 Å². The van der Waals surface area contributed by atoms with Crippen LogP contribution in [0.2, 0.25) is 0 Å². The number of phenolic OH excluding ortho intramolecular Hbond substituents is 2. The van der Waals surface area contributed by atoms with Gasteiger partial charge < -0.3 is 21.1 Å². The summed E-state index contributed by atoms with van der Waals surface area (Å²) in [6.45, 7) is 0. The number of hydrogen-bond acceptors (Lipinski definition) is 4. The number of nitrogens with two attached hydrogens (primary N) is 1. The molecule has 2 aromatic rings. The standard InChI is InChI=1S/C15H13NO4/c16-11-3-1-10(2-4-11)14(15(19)20)7-9-5-12(17)8-13(18)6-9/h1-8,17-18H,16H2,(H,19,20). The van der Waals surface area contributed by atoms with Gasteiger partial charge in [-0.3, -0.25) is 0 Å². The summed E-state index contributed by atoms with van der Waals surface area (Å²) in [5.41, 5.74) is 7.00. The summed E-state index contributed by atoms with van der Waals surface area (Å²) in [4.78, 5) is 11.3. The zero-order chi connectivity index (χ0) is 14.7. The number of phenols is 2.